The van der Waals surface area contributed by atoms with Gasteiger partial charge in [0.25, 0.3) is 0 Å². The van der Waals surface area contributed by atoms with Gasteiger partial charge in [-0.05, 0) is 41.1 Å². The Morgan fingerprint density at radius 3 is 2.84 bits per heavy atom. The van der Waals surface area contributed by atoms with E-state index in [2.05, 4.69) is 5.32 Å². The molecule has 1 aromatic heterocycles. The fourth-order valence-corrected chi connectivity index (χ4v) is 3.75. The highest BCUT2D eigenvalue weighted by Gasteiger charge is 2.33. The number of alkyl halides is 3. The van der Waals surface area contributed by atoms with Crippen LogP contribution in [0, 0.1) is 5.82 Å². The van der Waals surface area contributed by atoms with Crippen LogP contribution in [-0.4, -0.2) is 23.9 Å². The maximum Gasteiger partial charge on any atom is 0.416 e. The zero-order valence-corrected chi connectivity index (χ0v) is 14.0. The maximum absolute atomic E-state index is 13.1. The smallest absolute Gasteiger partial charge is 0.351 e. The summed E-state index contributed by atoms with van der Waals surface area (Å²) in [7, 11) is 0. The molecular formula is C17H16F4N2OS. The molecule has 134 valence electrons. The van der Waals surface area contributed by atoms with Gasteiger partial charge in [0.2, 0.25) is 5.91 Å². The predicted molar refractivity (Wildman–Crippen MR) is 86.5 cm³/mol. The largest absolute Gasteiger partial charge is 0.416 e. The molecule has 2 heterocycles. The average Bonchev–Trinajstić information content (AvgIpc) is 3.00. The lowest BCUT2D eigenvalue weighted by Gasteiger charge is -2.26. The Kier molecular flexibility index (Phi) is 5.10. The minimum atomic E-state index is -4.66. The highest BCUT2D eigenvalue weighted by atomic mass is 32.1. The van der Waals surface area contributed by atoms with Crippen LogP contribution < -0.4 is 5.32 Å². The summed E-state index contributed by atoms with van der Waals surface area (Å²) in [4.78, 5) is 15.3. The summed E-state index contributed by atoms with van der Waals surface area (Å²) in [6.45, 7) is 1.24. The quantitative estimate of drug-likeness (QED) is 0.832. The molecule has 0 aliphatic carbocycles. The van der Waals surface area contributed by atoms with Crippen LogP contribution in [-0.2, 0) is 30.5 Å². The third kappa shape index (κ3) is 4.38. The van der Waals surface area contributed by atoms with Crippen molar-refractivity contribution in [3.8, 4) is 0 Å². The monoisotopic (exact) mass is 372 g/mol. The van der Waals surface area contributed by atoms with Gasteiger partial charge in [-0.25, -0.2) is 4.39 Å². The van der Waals surface area contributed by atoms with Gasteiger partial charge in [0, 0.05) is 24.5 Å². The van der Waals surface area contributed by atoms with Gasteiger partial charge in [-0.15, -0.1) is 11.3 Å². The lowest BCUT2D eigenvalue weighted by atomic mass is 10.1. The number of hydrogen-bond donors (Lipinski definition) is 1. The summed E-state index contributed by atoms with van der Waals surface area (Å²) < 4.78 is 51.9. The van der Waals surface area contributed by atoms with Crippen molar-refractivity contribution < 1.29 is 22.4 Å². The lowest BCUT2D eigenvalue weighted by molar-refractivity contribution is -0.138. The van der Waals surface area contributed by atoms with E-state index in [1.165, 1.54) is 10.4 Å². The Hall–Kier alpha value is -1.93. The second kappa shape index (κ2) is 7.13. The molecule has 8 heteroatoms. The summed E-state index contributed by atoms with van der Waals surface area (Å²) >= 11 is 1.69. The van der Waals surface area contributed by atoms with Crippen LogP contribution in [0.2, 0.25) is 0 Å². The molecule has 1 amide bonds. The van der Waals surface area contributed by atoms with E-state index in [0.29, 0.717) is 12.6 Å². The fourth-order valence-electron chi connectivity index (χ4n) is 2.86. The molecule has 0 unspecified atom stereocenters. The number of amides is 1. The Bertz CT molecular complexity index is 772. The van der Waals surface area contributed by atoms with Crippen LogP contribution in [0.15, 0.2) is 29.6 Å². The predicted octanol–water partition coefficient (Wildman–Crippen LogP) is 3.58. The molecule has 1 aliphatic rings. The summed E-state index contributed by atoms with van der Waals surface area (Å²) in [6, 6.07) is 4.48. The average molecular weight is 372 g/mol. The molecule has 25 heavy (non-hydrogen) atoms. The van der Waals surface area contributed by atoms with Crippen molar-refractivity contribution in [1.82, 2.24) is 10.2 Å². The van der Waals surface area contributed by atoms with Crippen LogP contribution in [0.5, 0.6) is 0 Å². The van der Waals surface area contributed by atoms with Crippen molar-refractivity contribution in [2.24, 2.45) is 0 Å². The molecule has 0 atom stereocenters. The van der Waals surface area contributed by atoms with E-state index in [9.17, 15) is 22.4 Å². The summed E-state index contributed by atoms with van der Waals surface area (Å²) in [5.41, 5.74) is -0.0170. The van der Waals surface area contributed by atoms with E-state index in [1.807, 2.05) is 16.3 Å². The number of fused-ring (bicyclic) bond motifs is 1. The Morgan fingerprint density at radius 2 is 2.08 bits per heavy atom. The Balaban J connectivity index is 1.58. The minimum absolute atomic E-state index is 0.123. The molecule has 2 aromatic rings. The normalized spacial score (nSPS) is 15.0. The summed E-state index contributed by atoms with van der Waals surface area (Å²) in [5, 5.41) is 4.51. The van der Waals surface area contributed by atoms with Crippen molar-refractivity contribution in [2.75, 3.05) is 13.1 Å². The second-order valence-corrected chi connectivity index (χ2v) is 6.91. The molecule has 0 saturated heterocycles. The van der Waals surface area contributed by atoms with Crippen LogP contribution in [0.1, 0.15) is 21.6 Å². The zero-order valence-electron chi connectivity index (χ0n) is 13.2. The van der Waals surface area contributed by atoms with Crippen molar-refractivity contribution in [1.29, 1.82) is 0 Å². The number of nitrogens with zero attached hydrogens (tertiary/aromatic N) is 1. The number of rotatable bonds is 4. The number of thiophene rings is 1. The third-order valence-corrected chi connectivity index (χ3v) is 5.13. The van der Waals surface area contributed by atoms with E-state index >= 15 is 0 Å². The number of benzene rings is 1. The number of nitrogens with one attached hydrogen (secondary N) is 1. The van der Waals surface area contributed by atoms with Gasteiger partial charge in [0.1, 0.15) is 5.82 Å². The van der Waals surface area contributed by atoms with E-state index < -0.39 is 17.6 Å². The van der Waals surface area contributed by atoms with Crippen LogP contribution >= 0.6 is 11.3 Å². The van der Waals surface area contributed by atoms with Crippen molar-refractivity contribution in [3.63, 3.8) is 0 Å². The molecule has 1 N–H and O–H groups in total. The fraction of sp³-hybridized carbons (Fsp3) is 0.353. The molecule has 1 aromatic carbocycles. The van der Waals surface area contributed by atoms with Crippen LogP contribution in [0.4, 0.5) is 17.6 Å². The molecule has 3 rings (SSSR count). The van der Waals surface area contributed by atoms with Crippen molar-refractivity contribution in [2.45, 2.75) is 25.7 Å². The Labute approximate surface area is 146 Å². The van der Waals surface area contributed by atoms with Crippen LogP contribution in [0.25, 0.3) is 0 Å². The van der Waals surface area contributed by atoms with E-state index in [1.54, 1.807) is 11.3 Å². The minimum Gasteiger partial charge on any atom is -0.351 e. The number of halogens is 4. The van der Waals surface area contributed by atoms with Gasteiger partial charge in [0.15, 0.2) is 0 Å². The van der Waals surface area contributed by atoms with Crippen LogP contribution in [0.3, 0.4) is 0 Å². The second-order valence-electron chi connectivity index (χ2n) is 5.91. The highest BCUT2D eigenvalue weighted by molar-refractivity contribution is 7.10. The van der Waals surface area contributed by atoms with E-state index in [4.69, 9.17) is 0 Å². The lowest BCUT2D eigenvalue weighted by Crippen LogP contribution is -2.39. The first-order valence-electron chi connectivity index (χ1n) is 7.73. The molecule has 1 aliphatic heterocycles. The molecule has 3 nitrogen and oxygen atoms in total. The third-order valence-electron chi connectivity index (χ3n) is 4.11. The van der Waals surface area contributed by atoms with Crippen molar-refractivity contribution >= 4 is 17.2 Å². The van der Waals surface area contributed by atoms with Gasteiger partial charge in [-0.1, -0.05) is 6.07 Å². The first-order valence-corrected chi connectivity index (χ1v) is 8.61. The molecule has 0 fully saturated rings. The van der Waals surface area contributed by atoms with Gasteiger partial charge < -0.3 is 5.32 Å². The molecule has 0 bridgehead atoms. The molecule has 0 radical (unpaired) electrons. The zero-order chi connectivity index (χ0) is 18.0. The highest BCUT2D eigenvalue weighted by Crippen LogP contribution is 2.32. The van der Waals surface area contributed by atoms with Gasteiger partial charge in [-0.3, -0.25) is 9.69 Å². The first kappa shape index (κ1) is 17.9. The maximum atomic E-state index is 13.1. The molecular weight excluding hydrogens is 356 g/mol. The van der Waals surface area contributed by atoms with Gasteiger partial charge in [-0.2, -0.15) is 13.2 Å². The summed E-state index contributed by atoms with van der Waals surface area (Å²) in [6.07, 6.45) is -3.79. The topological polar surface area (TPSA) is 32.3 Å². The molecule has 0 saturated carbocycles. The first-order chi connectivity index (χ1) is 11.8. The number of hydrogen-bond acceptors (Lipinski definition) is 3. The van der Waals surface area contributed by atoms with Crippen molar-refractivity contribution in [3.05, 3.63) is 57.0 Å². The molecule has 0 spiro atoms. The summed E-state index contributed by atoms with van der Waals surface area (Å²) in [5.74, 6) is -1.31. The Morgan fingerprint density at radius 1 is 1.28 bits per heavy atom. The number of carbonyl (C=O) groups is 1. The number of carbonyl (C=O) groups excluding carboxylic acids is 1. The van der Waals surface area contributed by atoms with Gasteiger partial charge in [0.05, 0.1) is 12.1 Å². The SMILES string of the molecule is O=C(CN1CCc2sccc2C1)NCc1ccc(F)cc1C(F)(F)F. The van der Waals surface area contributed by atoms with Gasteiger partial charge >= 0.3 is 6.18 Å². The van der Waals surface area contributed by atoms with E-state index in [0.717, 1.165) is 25.1 Å². The van der Waals surface area contributed by atoms with E-state index in [-0.39, 0.29) is 24.6 Å². The standard InChI is InChI=1S/C17H16F4N2OS/c18-13-2-1-11(14(7-13)17(19,20)21)8-22-16(24)10-23-5-3-15-12(9-23)4-6-25-15/h1-2,4,6-7H,3,5,8-10H2,(H,22,24).